The molecule has 1 fully saturated rings. The number of nitrogens with zero attached hydrogens (tertiary/aromatic N) is 6. The summed E-state index contributed by atoms with van der Waals surface area (Å²) in [5, 5.41) is 18.1. The molecule has 0 aliphatic carbocycles. The van der Waals surface area contributed by atoms with Gasteiger partial charge in [-0.25, -0.2) is 10.5 Å². The van der Waals surface area contributed by atoms with Crippen LogP contribution in [0.1, 0.15) is 129 Å². The number of carbonyl (C=O) groups excluding carboxylic acids is 2. The first kappa shape index (κ1) is 78.0. The van der Waals surface area contributed by atoms with E-state index in [1.807, 2.05) is 73.0 Å². The van der Waals surface area contributed by atoms with Crippen molar-refractivity contribution in [1.82, 2.24) is 3.93 Å². The van der Waals surface area contributed by atoms with E-state index in [1.165, 1.54) is 22.3 Å². The van der Waals surface area contributed by atoms with E-state index in [-0.39, 0.29) is 27.4 Å². The van der Waals surface area contributed by atoms with Gasteiger partial charge in [-0.3, -0.25) is 19.0 Å². The van der Waals surface area contributed by atoms with Crippen molar-refractivity contribution >= 4 is 129 Å². The van der Waals surface area contributed by atoms with Crippen molar-refractivity contribution in [2.24, 2.45) is 14.5 Å². The average Bonchev–Trinajstić information content (AvgIpc) is 3.71. The Labute approximate surface area is 540 Å². The van der Waals surface area contributed by atoms with E-state index in [2.05, 4.69) is 186 Å². The van der Waals surface area contributed by atoms with E-state index in [0.717, 1.165) is 105 Å². The maximum Gasteiger partial charge on any atom is 0.335 e. The molecule has 1 aliphatic rings. The molecule has 1 heterocycles. The van der Waals surface area contributed by atoms with Crippen LogP contribution in [-0.4, -0.2) is 48.3 Å². The molecule has 0 spiro atoms. The molecule has 1 saturated heterocycles. The Balaban J connectivity index is 0.00000138. The van der Waals surface area contributed by atoms with Gasteiger partial charge in [0.25, 0.3) is 0 Å². The molecule has 0 N–H and O–H groups in total. The van der Waals surface area contributed by atoms with Crippen LogP contribution in [0.2, 0.25) is 0 Å². The molecule has 14 nitrogen and oxygen atoms in total. The molecule has 82 heavy (non-hydrogen) atoms. The Kier molecular flexibility index (Phi) is 36.9. The van der Waals surface area contributed by atoms with Gasteiger partial charge in [-0.2, -0.15) is 10.4 Å². The summed E-state index contributed by atoms with van der Waals surface area (Å²) in [4.78, 5) is 24.1. The zero-order chi connectivity index (χ0) is 61.9. The molecule has 1 aliphatic heterocycles. The summed E-state index contributed by atoms with van der Waals surface area (Å²) < 4.78 is 44.1. The Morgan fingerprint density at radius 3 is 1.54 bits per heavy atom. The summed E-state index contributed by atoms with van der Waals surface area (Å²) in [5.74, 6) is 6.38. The fourth-order valence-corrected chi connectivity index (χ4v) is 9.62. The molecule has 5 aromatic carbocycles. The van der Waals surface area contributed by atoms with Gasteiger partial charge in [-0.05, 0) is 177 Å². The Hall–Kier alpha value is -4.04. The van der Waals surface area contributed by atoms with Crippen molar-refractivity contribution in [2.45, 2.75) is 151 Å². The van der Waals surface area contributed by atoms with Gasteiger partial charge in [-0.15, -0.1) is 5.11 Å². The number of benzene rings is 5. The summed E-state index contributed by atoms with van der Waals surface area (Å²) in [6, 6.07) is 20.8. The van der Waals surface area contributed by atoms with E-state index < -0.39 is 11.2 Å². The number of rotatable bonds is 15. The number of methoxy groups -OCH3 is 1. The van der Waals surface area contributed by atoms with Crippen LogP contribution in [0.25, 0.3) is 4.85 Å². The molecule has 2 amide bonds. The molecule has 5 aromatic rings. The molecule has 23 heteroatoms. The Bertz CT molecular complexity index is 2980. The third-order valence-electron chi connectivity index (χ3n) is 11.3. The van der Waals surface area contributed by atoms with Gasteiger partial charge in [0.05, 0.1) is 40.4 Å². The van der Waals surface area contributed by atoms with Gasteiger partial charge in [0.1, 0.15) is 46.0 Å². The minimum Gasteiger partial charge on any atom is -0.284 e. The number of halogens is 5. The van der Waals surface area contributed by atoms with Crippen LogP contribution in [0.3, 0.4) is 0 Å². The fraction of sp³-hybridized carbons (Fsp3) is 0.424. The number of amides is 2. The van der Waals surface area contributed by atoms with Gasteiger partial charge >= 0.3 is 30.4 Å². The zero-order valence-corrected chi connectivity index (χ0v) is 59.4. The van der Waals surface area contributed by atoms with Crippen LogP contribution in [0.5, 0.6) is 46.0 Å². The smallest absolute Gasteiger partial charge is 0.284 e. The number of ether oxygens (including phenoxy) is 5. The zero-order valence-electron chi connectivity index (χ0n) is 48.5. The fourth-order valence-electron chi connectivity index (χ4n) is 7.64. The van der Waals surface area contributed by atoms with Crippen LogP contribution >= 0.6 is 110 Å². The van der Waals surface area contributed by atoms with Gasteiger partial charge in [-0.1, -0.05) is 92.0 Å². The Morgan fingerprint density at radius 2 is 1.15 bits per heavy atom. The van der Waals surface area contributed by atoms with E-state index >= 15 is 0 Å². The maximum atomic E-state index is 10.4. The SMILES string of the molecule is C.CCOc1c(CBr)cc(Oc2c(C)cc(Oc3c(C)cc(Oc4c(C)cc(CC)cc4C)c(Br)c3C)cc2CBr)cc1CBr.COc1c(C)cc(C)cc1C.O=C1CCC(=O)N1Br.O=PP.[B]=NS.[C-]#[N+]C(C)(C)N=NC(C)(C)C#N. The topological polar surface area (TPSA) is 166 Å². The van der Waals surface area contributed by atoms with Crippen molar-refractivity contribution in [1.29, 1.82) is 5.26 Å². The molecular weight excluding hydrogens is 1430 g/mol. The number of nitriles is 1. The minimum atomic E-state index is -0.853. The standard InChI is InChI=1S/C36H38Br4O4.C10H14O.C8H12N4.C4H4BrNO2.CH4.BHNS.H2OP2/c1-8-25-10-20(3)33(21(4)11-25)44-31-13-23(6)34(24(7)32(31)40)42-29-12-22(5)35(26(14-29)17-37)43-30-15-27(18-38)36(41-9-2)28(16-30)19-39;1-7-5-8(2)10(11-4)9(3)6-7;1-7(2,6-9)11-12-8(3,4)10-5;5-6-3(7)1-2-4(6)8;;1-2-3;1-3-2/h10-16H,8-9,17-19H2,1-7H3;5-6H,1-4H3;1-4H3;1-2H2;1H4;3H;2H2. The van der Waals surface area contributed by atoms with Crippen LogP contribution in [-0.2, 0) is 36.6 Å². The van der Waals surface area contributed by atoms with Crippen LogP contribution in [0.15, 0.2) is 73.6 Å². The Morgan fingerprint density at radius 1 is 0.732 bits per heavy atom. The number of azo groups is 1. The first-order valence-corrected chi connectivity index (χ1v) is 32.7. The minimum absolute atomic E-state index is 0. The van der Waals surface area contributed by atoms with E-state index in [1.54, 1.807) is 34.8 Å². The number of alkyl halides is 3. The number of aryl methyl sites for hydroxylation is 8. The molecular formula is C59H75BBr5N6O8P2S. The van der Waals surface area contributed by atoms with E-state index in [4.69, 9.17) is 40.1 Å². The van der Waals surface area contributed by atoms with Crippen LogP contribution < -0.4 is 23.7 Å². The summed E-state index contributed by atoms with van der Waals surface area (Å²) >= 11 is 20.7. The quantitative estimate of drug-likeness (QED) is 0.0157. The molecule has 0 saturated carbocycles. The molecule has 1 radical (unpaired) electrons. The number of hydrogen-bond donors (Lipinski definition) is 1. The number of imide groups is 1. The first-order valence-electron chi connectivity index (χ1n) is 25.0. The van der Waals surface area contributed by atoms with Crippen molar-refractivity contribution in [3.05, 3.63) is 137 Å². The maximum absolute atomic E-state index is 10.4. The molecule has 1 atom stereocenters. The molecule has 6 rings (SSSR count). The average molecular weight is 1500 g/mol. The van der Waals surface area contributed by atoms with Crippen molar-refractivity contribution in [2.75, 3.05) is 13.7 Å². The van der Waals surface area contributed by atoms with Gasteiger partial charge in [0.2, 0.25) is 11.8 Å². The second-order valence-electron chi connectivity index (χ2n) is 19.0. The second kappa shape index (κ2) is 38.8. The van der Waals surface area contributed by atoms with E-state index in [0.29, 0.717) is 35.4 Å². The van der Waals surface area contributed by atoms with Gasteiger partial charge in [0.15, 0.2) is 13.7 Å². The van der Waals surface area contributed by atoms with Crippen LogP contribution in [0.4, 0.5) is 0 Å². The monoisotopic (exact) mass is 1500 g/mol. The third-order valence-corrected chi connectivity index (χ3v) is 14.9. The third kappa shape index (κ3) is 24.9. The molecule has 443 valence electrons. The number of hydrogen-bond acceptors (Lipinski definition) is 13. The summed E-state index contributed by atoms with van der Waals surface area (Å²) in [5.41, 5.74) is 11.6. The summed E-state index contributed by atoms with van der Waals surface area (Å²) in [7, 11) is 8.13. The number of carbonyl (C=O) groups is 2. The normalized spacial score (nSPS) is 11.5. The first-order chi connectivity index (χ1) is 38.1. The molecule has 0 aromatic heterocycles. The van der Waals surface area contributed by atoms with Gasteiger partial charge < -0.3 is 23.7 Å². The molecule has 1 unspecified atom stereocenters. The summed E-state index contributed by atoms with van der Waals surface area (Å²) in [6.45, 7) is 34.7. The van der Waals surface area contributed by atoms with Crippen molar-refractivity contribution in [3.8, 4) is 52.1 Å². The van der Waals surface area contributed by atoms with Crippen molar-refractivity contribution < 1.29 is 37.8 Å². The predicted octanol–water partition coefficient (Wildman–Crippen LogP) is 20.4. The van der Waals surface area contributed by atoms with Gasteiger partial charge in [0, 0.05) is 64.9 Å². The largest absolute Gasteiger partial charge is 0.335 e. The van der Waals surface area contributed by atoms with Crippen molar-refractivity contribution in [3.63, 3.8) is 0 Å². The van der Waals surface area contributed by atoms with E-state index in [9.17, 15) is 9.59 Å². The number of thiol groups is 1. The second-order valence-corrected chi connectivity index (χ2v) is 23.3. The van der Waals surface area contributed by atoms with Crippen LogP contribution in [0, 0.1) is 73.3 Å². The summed E-state index contributed by atoms with van der Waals surface area (Å²) in [6.07, 6.45) is 1.70. The predicted molar refractivity (Wildman–Crippen MR) is 359 cm³/mol. The molecule has 0 bridgehead atoms.